The second-order valence-electron chi connectivity index (χ2n) is 5.08. The lowest BCUT2D eigenvalue weighted by Crippen LogP contribution is -2.40. The van der Waals surface area contributed by atoms with Crippen LogP contribution in [-0.4, -0.2) is 54.2 Å². The highest BCUT2D eigenvalue weighted by atomic mass is 16.4. The van der Waals surface area contributed by atoms with Crippen LogP contribution in [0.3, 0.4) is 0 Å². The maximum atomic E-state index is 11.7. The molecule has 1 unspecified atom stereocenters. The normalized spacial score (nSPS) is 23.1. The second-order valence-corrected chi connectivity index (χ2v) is 5.08. The number of carboxylic acid groups (broad SMARTS) is 1. The molecule has 1 aliphatic carbocycles. The number of nitrogens with one attached hydrogen (secondary N) is 2. The molecule has 1 heterocycles. The summed E-state index contributed by atoms with van der Waals surface area (Å²) in [5, 5.41) is 15.1. The molecule has 3 N–H and O–H groups in total. The molecule has 102 valence electrons. The van der Waals surface area contributed by atoms with Gasteiger partial charge in [0.05, 0.1) is 5.92 Å². The third-order valence-corrected chi connectivity index (χ3v) is 3.46. The average molecular weight is 255 g/mol. The fourth-order valence-electron chi connectivity index (χ4n) is 2.14. The van der Waals surface area contributed by atoms with Crippen molar-refractivity contribution < 1.29 is 14.7 Å². The predicted molar refractivity (Wildman–Crippen MR) is 66.4 cm³/mol. The van der Waals surface area contributed by atoms with E-state index < -0.39 is 11.9 Å². The van der Waals surface area contributed by atoms with Crippen LogP contribution in [0.15, 0.2) is 0 Å². The van der Waals surface area contributed by atoms with Gasteiger partial charge < -0.3 is 20.6 Å². The molecule has 0 radical (unpaired) electrons. The third-order valence-electron chi connectivity index (χ3n) is 3.46. The van der Waals surface area contributed by atoms with Crippen LogP contribution in [0, 0.1) is 5.92 Å². The number of carbonyl (C=O) groups excluding carboxylic acids is 1. The molecule has 2 aliphatic rings. The zero-order valence-corrected chi connectivity index (χ0v) is 10.5. The Bertz CT molecular complexity index is 318. The molecular weight excluding hydrogens is 234 g/mol. The third kappa shape index (κ3) is 3.87. The summed E-state index contributed by atoms with van der Waals surface area (Å²) < 4.78 is 0. The molecule has 1 saturated heterocycles. The number of nitrogens with zero attached hydrogens (tertiary/aromatic N) is 1. The van der Waals surface area contributed by atoms with Crippen LogP contribution in [0.5, 0.6) is 0 Å². The number of carboxylic acids is 1. The standard InChI is InChI=1S/C12H21N3O3/c16-11(17)9-4-7-15(8-9)12(18)14-6-1-5-13-10-2-3-10/h9-10,13H,1-8H2,(H,14,18)(H,16,17). The van der Waals surface area contributed by atoms with Gasteiger partial charge in [0.25, 0.3) is 0 Å². The Kier molecular flexibility index (Phi) is 4.41. The minimum Gasteiger partial charge on any atom is -0.481 e. The first-order chi connectivity index (χ1) is 8.66. The quantitative estimate of drug-likeness (QED) is 0.594. The highest BCUT2D eigenvalue weighted by molar-refractivity contribution is 5.77. The average Bonchev–Trinajstić information content (AvgIpc) is 3.02. The van der Waals surface area contributed by atoms with Crippen LogP contribution >= 0.6 is 0 Å². The van der Waals surface area contributed by atoms with Gasteiger partial charge in [0, 0.05) is 25.7 Å². The van der Waals surface area contributed by atoms with Gasteiger partial charge in [0.1, 0.15) is 0 Å². The van der Waals surface area contributed by atoms with Gasteiger partial charge in [-0.25, -0.2) is 4.79 Å². The first kappa shape index (κ1) is 13.1. The molecule has 1 aliphatic heterocycles. The molecule has 2 amide bonds. The molecule has 6 heteroatoms. The van der Waals surface area contributed by atoms with Crippen LogP contribution in [0.4, 0.5) is 4.79 Å². The summed E-state index contributed by atoms with van der Waals surface area (Å²) in [6, 6.07) is 0.570. The van der Waals surface area contributed by atoms with Gasteiger partial charge in [0.15, 0.2) is 0 Å². The number of amides is 2. The number of hydrogen-bond acceptors (Lipinski definition) is 3. The van der Waals surface area contributed by atoms with E-state index in [1.807, 2.05) is 0 Å². The summed E-state index contributed by atoms with van der Waals surface area (Å²) in [6.45, 7) is 2.46. The Morgan fingerprint density at radius 2 is 2.00 bits per heavy atom. The molecule has 0 aromatic carbocycles. The van der Waals surface area contributed by atoms with Crippen LogP contribution in [0.2, 0.25) is 0 Å². The van der Waals surface area contributed by atoms with Gasteiger partial charge in [-0.2, -0.15) is 0 Å². The molecule has 0 aromatic heterocycles. The lowest BCUT2D eigenvalue weighted by atomic mass is 10.1. The van der Waals surface area contributed by atoms with E-state index in [1.165, 1.54) is 12.8 Å². The smallest absolute Gasteiger partial charge is 0.317 e. The van der Waals surface area contributed by atoms with E-state index >= 15 is 0 Å². The fourth-order valence-corrected chi connectivity index (χ4v) is 2.14. The summed E-state index contributed by atoms with van der Waals surface area (Å²) in [5.41, 5.74) is 0. The summed E-state index contributed by atoms with van der Waals surface area (Å²) in [5.74, 6) is -1.20. The highest BCUT2D eigenvalue weighted by Crippen LogP contribution is 2.18. The van der Waals surface area contributed by atoms with E-state index in [0.29, 0.717) is 32.1 Å². The van der Waals surface area contributed by atoms with Gasteiger partial charge in [-0.15, -0.1) is 0 Å². The van der Waals surface area contributed by atoms with Crippen molar-refractivity contribution in [1.82, 2.24) is 15.5 Å². The molecular formula is C12H21N3O3. The van der Waals surface area contributed by atoms with Crippen molar-refractivity contribution in [1.29, 1.82) is 0 Å². The maximum Gasteiger partial charge on any atom is 0.317 e. The van der Waals surface area contributed by atoms with Crippen LogP contribution in [0.25, 0.3) is 0 Å². The number of rotatable bonds is 6. The second kappa shape index (κ2) is 6.04. The zero-order valence-electron chi connectivity index (χ0n) is 10.5. The Balaban J connectivity index is 1.55. The topological polar surface area (TPSA) is 81.7 Å². The van der Waals surface area contributed by atoms with Crippen molar-refractivity contribution in [2.75, 3.05) is 26.2 Å². The SMILES string of the molecule is O=C(O)C1CCN(C(=O)NCCCNC2CC2)C1. The van der Waals surface area contributed by atoms with E-state index in [4.69, 9.17) is 5.11 Å². The molecule has 1 saturated carbocycles. The van der Waals surface area contributed by atoms with Gasteiger partial charge in [-0.1, -0.05) is 0 Å². The van der Waals surface area contributed by atoms with E-state index in [0.717, 1.165) is 13.0 Å². The summed E-state index contributed by atoms with van der Waals surface area (Å²) >= 11 is 0. The van der Waals surface area contributed by atoms with Gasteiger partial charge in [0.2, 0.25) is 0 Å². The summed E-state index contributed by atoms with van der Waals surface area (Å²) in [7, 11) is 0. The Morgan fingerprint density at radius 3 is 2.61 bits per heavy atom. The number of carbonyl (C=O) groups is 2. The molecule has 0 bridgehead atoms. The number of likely N-dealkylation sites (tertiary alicyclic amines) is 1. The van der Waals surface area contributed by atoms with E-state index in [9.17, 15) is 9.59 Å². The lowest BCUT2D eigenvalue weighted by Gasteiger charge is -2.16. The molecule has 0 aromatic rings. The van der Waals surface area contributed by atoms with Crippen molar-refractivity contribution >= 4 is 12.0 Å². The Morgan fingerprint density at radius 1 is 1.22 bits per heavy atom. The molecule has 18 heavy (non-hydrogen) atoms. The molecule has 2 rings (SSSR count). The fraction of sp³-hybridized carbons (Fsp3) is 0.833. The maximum absolute atomic E-state index is 11.7. The minimum absolute atomic E-state index is 0.134. The Hall–Kier alpha value is -1.30. The number of urea groups is 1. The van der Waals surface area contributed by atoms with Crippen molar-refractivity contribution in [3.63, 3.8) is 0 Å². The first-order valence-electron chi connectivity index (χ1n) is 6.66. The van der Waals surface area contributed by atoms with Gasteiger partial charge in [-0.05, 0) is 32.2 Å². The Labute approximate surface area is 107 Å². The molecule has 2 fully saturated rings. The summed E-state index contributed by atoms with van der Waals surface area (Å²) in [4.78, 5) is 24.1. The van der Waals surface area contributed by atoms with Crippen molar-refractivity contribution in [3.8, 4) is 0 Å². The van der Waals surface area contributed by atoms with Gasteiger partial charge >= 0.3 is 12.0 Å². The van der Waals surface area contributed by atoms with Gasteiger partial charge in [-0.3, -0.25) is 4.79 Å². The highest BCUT2D eigenvalue weighted by Gasteiger charge is 2.30. The van der Waals surface area contributed by atoms with Crippen molar-refractivity contribution in [2.24, 2.45) is 5.92 Å². The predicted octanol–water partition coefficient (Wildman–Crippen LogP) is 0.245. The van der Waals surface area contributed by atoms with E-state index in [2.05, 4.69) is 10.6 Å². The molecule has 1 atom stereocenters. The molecule has 6 nitrogen and oxygen atoms in total. The van der Waals surface area contributed by atoms with Crippen molar-refractivity contribution in [3.05, 3.63) is 0 Å². The zero-order chi connectivity index (χ0) is 13.0. The van der Waals surface area contributed by atoms with Crippen molar-refractivity contribution in [2.45, 2.75) is 31.7 Å². The van der Waals surface area contributed by atoms with Crippen LogP contribution in [-0.2, 0) is 4.79 Å². The van der Waals surface area contributed by atoms with E-state index in [-0.39, 0.29) is 6.03 Å². The first-order valence-corrected chi connectivity index (χ1v) is 6.66. The minimum atomic E-state index is -0.807. The number of hydrogen-bond donors (Lipinski definition) is 3. The van der Waals surface area contributed by atoms with Crippen LogP contribution < -0.4 is 10.6 Å². The van der Waals surface area contributed by atoms with Crippen LogP contribution in [0.1, 0.15) is 25.7 Å². The monoisotopic (exact) mass is 255 g/mol. The summed E-state index contributed by atoms with van der Waals surface area (Å²) in [6.07, 6.45) is 4.03. The lowest BCUT2D eigenvalue weighted by molar-refractivity contribution is -0.141. The largest absolute Gasteiger partial charge is 0.481 e. The number of aliphatic carboxylic acids is 1. The van der Waals surface area contributed by atoms with E-state index in [1.54, 1.807) is 4.90 Å². The molecule has 0 spiro atoms.